The van der Waals surface area contributed by atoms with E-state index in [1.165, 1.54) is 4.80 Å². The maximum Gasteiger partial charge on any atom is 0.188 e. The third-order valence-electron chi connectivity index (χ3n) is 1.82. The fraction of sp³-hybridized carbons (Fsp3) is 0.222. The van der Waals surface area contributed by atoms with Crippen molar-refractivity contribution in [2.75, 3.05) is 0 Å². The molecule has 0 unspecified atom stereocenters. The smallest absolute Gasteiger partial charge is 0.188 e. The fourth-order valence-electron chi connectivity index (χ4n) is 1.16. The van der Waals surface area contributed by atoms with Crippen LogP contribution in [-0.4, -0.2) is 31.0 Å². The van der Waals surface area contributed by atoms with Crippen molar-refractivity contribution >= 4 is 5.78 Å². The molecule has 0 radical (unpaired) electrons. The molecule has 15 heavy (non-hydrogen) atoms. The number of carbonyl (C=O) groups excluding carboxylic acids is 1. The van der Waals surface area contributed by atoms with Crippen LogP contribution in [0.25, 0.3) is 0 Å². The number of nitrogens with zero attached hydrogens (tertiary/aromatic N) is 5. The zero-order chi connectivity index (χ0) is 10.7. The molecular formula is C9H9N5O. The minimum Gasteiger partial charge on any atom is -0.292 e. The van der Waals surface area contributed by atoms with E-state index in [2.05, 4.69) is 20.4 Å². The first-order chi connectivity index (χ1) is 7.25. The topological polar surface area (TPSA) is 73.6 Å². The standard InChI is InChI=1S/C9H9N5O/c1-14-12-9(11-13-14)6-8(15)7-4-2-3-5-10-7/h2-5H,6H2,1H3. The highest BCUT2D eigenvalue weighted by Crippen LogP contribution is 1.99. The van der Waals surface area contributed by atoms with Crippen LogP contribution in [0, 0.1) is 0 Å². The van der Waals surface area contributed by atoms with E-state index in [-0.39, 0.29) is 12.2 Å². The number of hydrogen-bond donors (Lipinski definition) is 0. The molecule has 2 heterocycles. The van der Waals surface area contributed by atoms with Gasteiger partial charge in [0.15, 0.2) is 11.6 Å². The van der Waals surface area contributed by atoms with E-state index in [0.717, 1.165) is 0 Å². The number of hydrogen-bond acceptors (Lipinski definition) is 5. The predicted octanol–water partition coefficient (Wildman–Crippen LogP) is 0.0305. The lowest BCUT2D eigenvalue weighted by atomic mass is 10.2. The number of carbonyl (C=O) groups is 1. The Kier molecular flexibility index (Phi) is 2.49. The van der Waals surface area contributed by atoms with Gasteiger partial charge in [0.25, 0.3) is 0 Å². The highest BCUT2D eigenvalue weighted by atomic mass is 16.1. The quantitative estimate of drug-likeness (QED) is 0.658. The summed E-state index contributed by atoms with van der Waals surface area (Å²) in [6, 6.07) is 5.19. The van der Waals surface area contributed by atoms with Gasteiger partial charge < -0.3 is 0 Å². The molecule has 2 aromatic heterocycles. The summed E-state index contributed by atoms with van der Waals surface area (Å²) in [5, 5.41) is 11.3. The molecular weight excluding hydrogens is 194 g/mol. The summed E-state index contributed by atoms with van der Waals surface area (Å²) in [4.78, 5) is 16.9. The van der Waals surface area contributed by atoms with Crippen molar-refractivity contribution in [3.63, 3.8) is 0 Å². The Balaban J connectivity index is 2.11. The summed E-state index contributed by atoms with van der Waals surface area (Å²) in [5.74, 6) is 0.303. The Morgan fingerprint density at radius 1 is 1.47 bits per heavy atom. The number of ketones is 1. The van der Waals surface area contributed by atoms with Crippen LogP contribution in [0.2, 0.25) is 0 Å². The summed E-state index contributed by atoms with van der Waals surface area (Å²) >= 11 is 0. The maximum atomic E-state index is 11.6. The van der Waals surface area contributed by atoms with Crippen LogP contribution < -0.4 is 0 Å². The van der Waals surface area contributed by atoms with E-state index < -0.39 is 0 Å². The van der Waals surface area contributed by atoms with Crippen molar-refractivity contribution in [1.82, 2.24) is 25.2 Å². The number of rotatable bonds is 3. The van der Waals surface area contributed by atoms with Crippen LogP contribution in [0.4, 0.5) is 0 Å². The fourth-order valence-corrected chi connectivity index (χ4v) is 1.16. The number of aromatic nitrogens is 5. The van der Waals surface area contributed by atoms with Crippen molar-refractivity contribution < 1.29 is 4.79 Å². The van der Waals surface area contributed by atoms with Gasteiger partial charge in [0.05, 0.1) is 13.5 Å². The van der Waals surface area contributed by atoms with Crippen LogP contribution in [0.5, 0.6) is 0 Å². The first kappa shape index (κ1) is 9.45. The van der Waals surface area contributed by atoms with E-state index >= 15 is 0 Å². The summed E-state index contributed by atoms with van der Waals surface area (Å²) in [5.41, 5.74) is 0.421. The third kappa shape index (κ3) is 2.22. The van der Waals surface area contributed by atoms with E-state index in [1.54, 1.807) is 31.4 Å². The van der Waals surface area contributed by atoms with Crippen molar-refractivity contribution in [2.24, 2.45) is 7.05 Å². The molecule has 76 valence electrons. The van der Waals surface area contributed by atoms with Gasteiger partial charge >= 0.3 is 0 Å². The molecule has 2 aromatic rings. The lowest BCUT2D eigenvalue weighted by Crippen LogP contribution is -2.07. The van der Waals surface area contributed by atoms with Gasteiger partial charge in [0, 0.05) is 6.20 Å². The average Bonchev–Trinajstić information content (AvgIpc) is 2.65. The van der Waals surface area contributed by atoms with Gasteiger partial charge in [0.1, 0.15) is 5.69 Å². The van der Waals surface area contributed by atoms with Gasteiger partial charge in [-0.05, 0) is 17.3 Å². The monoisotopic (exact) mass is 203 g/mol. The Morgan fingerprint density at radius 3 is 2.93 bits per heavy atom. The number of aryl methyl sites for hydroxylation is 1. The normalized spacial score (nSPS) is 10.2. The van der Waals surface area contributed by atoms with Crippen LogP contribution in [-0.2, 0) is 13.5 Å². The molecule has 0 N–H and O–H groups in total. The van der Waals surface area contributed by atoms with E-state index in [1.807, 2.05) is 0 Å². The van der Waals surface area contributed by atoms with Crippen molar-refractivity contribution in [3.05, 3.63) is 35.9 Å². The van der Waals surface area contributed by atoms with Gasteiger partial charge in [0.2, 0.25) is 0 Å². The van der Waals surface area contributed by atoms with Gasteiger partial charge in [-0.2, -0.15) is 4.80 Å². The minimum absolute atomic E-state index is 0.108. The zero-order valence-corrected chi connectivity index (χ0v) is 8.16. The van der Waals surface area contributed by atoms with Gasteiger partial charge in [-0.25, -0.2) is 0 Å². The van der Waals surface area contributed by atoms with Crippen molar-refractivity contribution in [1.29, 1.82) is 0 Å². The Bertz CT molecular complexity index is 464. The molecule has 0 saturated heterocycles. The average molecular weight is 203 g/mol. The summed E-state index contributed by atoms with van der Waals surface area (Å²) in [7, 11) is 1.65. The van der Waals surface area contributed by atoms with Crippen LogP contribution in [0.1, 0.15) is 16.3 Å². The summed E-state index contributed by atoms with van der Waals surface area (Å²) in [6.07, 6.45) is 1.71. The summed E-state index contributed by atoms with van der Waals surface area (Å²) < 4.78 is 0. The highest BCUT2D eigenvalue weighted by Gasteiger charge is 2.11. The van der Waals surface area contributed by atoms with E-state index in [4.69, 9.17) is 0 Å². The van der Waals surface area contributed by atoms with Crippen LogP contribution >= 0.6 is 0 Å². The minimum atomic E-state index is -0.108. The number of pyridine rings is 1. The Hall–Kier alpha value is -2.11. The second kappa shape index (κ2) is 3.95. The van der Waals surface area contributed by atoms with Crippen molar-refractivity contribution in [3.8, 4) is 0 Å². The lowest BCUT2D eigenvalue weighted by Gasteiger charge is -1.94. The molecule has 2 rings (SSSR count). The Labute approximate surface area is 85.9 Å². The molecule has 0 aliphatic heterocycles. The molecule has 6 nitrogen and oxygen atoms in total. The highest BCUT2D eigenvalue weighted by molar-refractivity contribution is 5.95. The van der Waals surface area contributed by atoms with Gasteiger partial charge in [-0.15, -0.1) is 10.2 Å². The molecule has 0 aromatic carbocycles. The third-order valence-corrected chi connectivity index (χ3v) is 1.82. The van der Waals surface area contributed by atoms with E-state index in [0.29, 0.717) is 11.5 Å². The second-order valence-electron chi connectivity index (χ2n) is 3.01. The molecule has 0 atom stereocenters. The van der Waals surface area contributed by atoms with Crippen LogP contribution in [0.3, 0.4) is 0 Å². The first-order valence-corrected chi connectivity index (χ1v) is 4.43. The molecule has 0 fully saturated rings. The molecule has 6 heteroatoms. The van der Waals surface area contributed by atoms with Gasteiger partial charge in [-0.3, -0.25) is 9.78 Å². The first-order valence-electron chi connectivity index (χ1n) is 4.43. The van der Waals surface area contributed by atoms with Crippen LogP contribution in [0.15, 0.2) is 24.4 Å². The molecule has 0 saturated carbocycles. The molecule has 0 spiro atoms. The SMILES string of the molecule is Cn1nnc(CC(=O)c2ccccn2)n1. The zero-order valence-electron chi connectivity index (χ0n) is 8.16. The second-order valence-corrected chi connectivity index (χ2v) is 3.01. The summed E-state index contributed by atoms with van der Waals surface area (Å²) in [6.45, 7) is 0. The van der Waals surface area contributed by atoms with Crippen molar-refractivity contribution in [2.45, 2.75) is 6.42 Å². The molecule has 0 aliphatic carbocycles. The maximum absolute atomic E-state index is 11.6. The largest absolute Gasteiger partial charge is 0.292 e. The lowest BCUT2D eigenvalue weighted by molar-refractivity contribution is 0.0986. The molecule has 0 bridgehead atoms. The molecule has 0 amide bonds. The number of tetrazole rings is 1. The molecule has 0 aliphatic rings. The number of Topliss-reactive ketones (excluding diaryl/α,β-unsaturated/α-hetero) is 1. The van der Waals surface area contributed by atoms with Gasteiger partial charge in [-0.1, -0.05) is 6.07 Å². The van der Waals surface area contributed by atoms with E-state index in [9.17, 15) is 4.79 Å². The predicted molar refractivity (Wildman–Crippen MR) is 51.1 cm³/mol. The Morgan fingerprint density at radius 2 is 2.33 bits per heavy atom.